The lowest BCUT2D eigenvalue weighted by Crippen LogP contribution is -2.29. The molecule has 0 aromatic heterocycles. The van der Waals surface area contributed by atoms with Gasteiger partial charge in [-0.2, -0.15) is 5.26 Å². The van der Waals surface area contributed by atoms with Gasteiger partial charge in [0.25, 0.3) is 0 Å². The van der Waals surface area contributed by atoms with E-state index >= 15 is 0 Å². The predicted octanol–water partition coefficient (Wildman–Crippen LogP) is 4.20. The summed E-state index contributed by atoms with van der Waals surface area (Å²) in [6.07, 6.45) is 5.51. The molecule has 0 radical (unpaired) electrons. The molecule has 0 bridgehead atoms. The number of ketones is 1. The molecule has 1 aromatic rings. The summed E-state index contributed by atoms with van der Waals surface area (Å²) in [5.41, 5.74) is 1.81. The van der Waals surface area contributed by atoms with Crippen LogP contribution < -0.4 is 4.90 Å². The molecule has 0 aliphatic carbocycles. The SMILES string of the molecule is CC(C)(C)C(=O)/C(C#N)=C/c1ccc(N2CCCCC2)cc1. The Hall–Kier alpha value is -2.08. The van der Waals surface area contributed by atoms with Crippen molar-refractivity contribution in [1.29, 1.82) is 5.26 Å². The first kappa shape index (κ1) is 16.3. The highest BCUT2D eigenvalue weighted by molar-refractivity contribution is 6.06. The van der Waals surface area contributed by atoms with Gasteiger partial charge in [-0.15, -0.1) is 0 Å². The highest BCUT2D eigenvalue weighted by atomic mass is 16.1. The summed E-state index contributed by atoms with van der Waals surface area (Å²) in [6, 6.07) is 10.2. The number of rotatable bonds is 3. The third-order valence-corrected chi connectivity index (χ3v) is 3.97. The molecule has 0 saturated carbocycles. The molecular formula is C19H24N2O. The van der Waals surface area contributed by atoms with Gasteiger partial charge in [0.1, 0.15) is 6.07 Å². The third-order valence-electron chi connectivity index (χ3n) is 3.97. The number of anilines is 1. The molecule has 3 nitrogen and oxygen atoms in total. The van der Waals surface area contributed by atoms with E-state index in [1.165, 1.54) is 24.9 Å². The van der Waals surface area contributed by atoms with E-state index in [9.17, 15) is 10.1 Å². The Labute approximate surface area is 133 Å². The van der Waals surface area contributed by atoms with Crippen molar-refractivity contribution in [2.75, 3.05) is 18.0 Å². The first-order valence-electron chi connectivity index (χ1n) is 7.93. The second-order valence-corrected chi connectivity index (χ2v) is 6.89. The van der Waals surface area contributed by atoms with Crippen LogP contribution in [0.3, 0.4) is 0 Å². The number of nitrogens with zero attached hydrogens (tertiary/aromatic N) is 2. The molecule has 116 valence electrons. The Bertz CT molecular complexity index is 594. The minimum atomic E-state index is -0.532. The number of piperidine rings is 1. The fourth-order valence-corrected chi connectivity index (χ4v) is 2.65. The zero-order chi connectivity index (χ0) is 16.2. The van der Waals surface area contributed by atoms with E-state index in [2.05, 4.69) is 17.0 Å². The number of carbonyl (C=O) groups excluding carboxylic acids is 1. The lowest BCUT2D eigenvalue weighted by atomic mass is 9.86. The normalized spacial score (nSPS) is 16.3. The second kappa shape index (κ2) is 6.79. The van der Waals surface area contributed by atoms with Crippen LogP contribution in [0.25, 0.3) is 6.08 Å². The van der Waals surface area contributed by atoms with E-state index in [-0.39, 0.29) is 11.4 Å². The highest BCUT2D eigenvalue weighted by Gasteiger charge is 2.24. The second-order valence-electron chi connectivity index (χ2n) is 6.89. The summed E-state index contributed by atoms with van der Waals surface area (Å²) in [4.78, 5) is 14.6. The van der Waals surface area contributed by atoms with Crippen LogP contribution in [-0.4, -0.2) is 18.9 Å². The van der Waals surface area contributed by atoms with Crippen LogP contribution in [-0.2, 0) is 4.79 Å². The van der Waals surface area contributed by atoms with Crippen LogP contribution in [0.4, 0.5) is 5.69 Å². The Kier molecular flexibility index (Phi) is 5.03. The number of Topliss-reactive ketones (excluding diaryl/α,β-unsaturated/α-hetero) is 1. The molecule has 0 atom stereocenters. The number of carbonyl (C=O) groups is 1. The zero-order valence-corrected chi connectivity index (χ0v) is 13.7. The fourth-order valence-electron chi connectivity index (χ4n) is 2.65. The smallest absolute Gasteiger partial charge is 0.178 e. The van der Waals surface area contributed by atoms with Gasteiger partial charge in [-0.1, -0.05) is 32.9 Å². The van der Waals surface area contributed by atoms with Crippen molar-refractivity contribution in [3.63, 3.8) is 0 Å². The van der Waals surface area contributed by atoms with Gasteiger partial charge >= 0.3 is 0 Å². The number of nitriles is 1. The van der Waals surface area contributed by atoms with E-state index < -0.39 is 5.41 Å². The average molecular weight is 296 g/mol. The van der Waals surface area contributed by atoms with Gasteiger partial charge in [-0.3, -0.25) is 4.79 Å². The van der Waals surface area contributed by atoms with E-state index in [1.54, 1.807) is 6.08 Å². The maximum atomic E-state index is 12.2. The number of benzene rings is 1. The maximum absolute atomic E-state index is 12.2. The van der Waals surface area contributed by atoms with Gasteiger partial charge in [0.15, 0.2) is 5.78 Å². The molecular weight excluding hydrogens is 272 g/mol. The lowest BCUT2D eigenvalue weighted by molar-refractivity contribution is -0.121. The van der Waals surface area contributed by atoms with Gasteiger partial charge in [0, 0.05) is 24.2 Å². The topological polar surface area (TPSA) is 44.1 Å². The van der Waals surface area contributed by atoms with Crippen LogP contribution in [0.15, 0.2) is 29.8 Å². The molecule has 0 spiro atoms. The molecule has 3 heteroatoms. The van der Waals surface area contributed by atoms with Gasteiger partial charge in [0.05, 0.1) is 5.57 Å². The Morgan fingerprint density at radius 1 is 1.14 bits per heavy atom. The molecule has 0 amide bonds. The Morgan fingerprint density at radius 2 is 1.73 bits per heavy atom. The highest BCUT2D eigenvalue weighted by Crippen LogP contribution is 2.23. The summed E-state index contributed by atoms with van der Waals surface area (Å²) in [6.45, 7) is 7.72. The van der Waals surface area contributed by atoms with Crippen molar-refractivity contribution >= 4 is 17.5 Å². The molecule has 1 heterocycles. The van der Waals surface area contributed by atoms with Gasteiger partial charge < -0.3 is 4.90 Å². The zero-order valence-electron chi connectivity index (χ0n) is 13.7. The first-order chi connectivity index (χ1) is 10.4. The molecule has 1 aliphatic heterocycles. The third kappa shape index (κ3) is 3.98. The minimum Gasteiger partial charge on any atom is -0.372 e. The first-order valence-corrected chi connectivity index (χ1v) is 7.93. The molecule has 1 aliphatic rings. The Morgan fingerprint density at radius 3 is 2.23 bits per heavy atom. The lowest BCUT2D eigenvalue weighted by Gasteiger charge is -2.28. The van der Waals surface area contributed by atoms with E-state index in [0.717, 1.165) is 18.7 Å². The largest absolute Gasteiger partial charge is 0.372 e. The molecule has 2 rings (SSSR count). The minimum absolute atomic E-state index is 0.116. The van der Waals surface area contributed by atoms with E-state index in [1.807, 2.05) is 39.0 Å². The summed E-state index contributed by atoms with van der Waals surface area (Å²) in [5.74, 6) is -0.116. The summed E-state index contributed by atoms with van der Waals surface area (Å²) in [5, 5.41) is 9.23. The van der Waals surface area contributed by atoms with Crippen molar-refractivity contribution in [2.24, 2.45) is 5.41 Å². The van der Waals surface area contributed by atoms with Crippen LogP contribution >= 0.6 is 0 Å². The maximum Gasteiger partial charge on any atom is 0.178 e. The standard InChI is InChI=1S/C19H24N2O/c1-19(2,3)18(22)16(14-20)13-15-7-9-17(10-8-15)21-11-5-4-6-12-21/h7-10,13H,4-6,11-12H2,1-3H3/b16-13+. The van der Waals surface area contributed by atoms with Crippen molar-refractivity contribution in [2.45, 2.75) is 40.0 Å². The summed E-state index contributed by atoms with van der Waals surface area (Å²) < 4.78 is 0. The van der Waals surface area contributed by atoms with Crippen molar-refractivity contribution in [1.82, 2.24) is 0 Å². The van der Waals surface area contributed by atoms with Gasteiger partial charge in [-0.05, 0) is 43.0 Å². The average Bonchev–Trinajstić information content (AvgIpc) is 2.52. The molecule has 0 unspecified atom stereocenters. The quantitative estimate of drug-likeness (QED) is 0.620. The van der Waals surface area contributed by atoms with Gasteiger partial charge in [-0.25, -0.2) is 0 Å². The number of hydrogen-bond acceptors (Lipinski definition) is 3. The Balaban J connectivity index is 2.17. The monoisotopic (exact) mass is 296 g/mol. The molecule has 0 N–H and O–H groups in total. The van der Waals surface area contributed by atoms with Crippen molar-refractivity contribution in [3.05, 3.63) is 35.4 Å². The van der Waals surface area contributed by atoms with E-state index in [4.69, 9.17) is 0 Å². The van der Waals surface area contributed by atoms with Crippen molar-refractivity contribution in [3.8, 4) is 6.07 Å². The van der Waals surface area contributed by atoms with E-state index in [0.29, 0.717) is 0 Å². The van der Waals surface area contributed by atoms with Crippen LogP contribution in [0.1, 0.15) is 45.6 Å². The summed E-state index contributed by atoms with van der Waals surface area (Å²) in [7, 11) is 0. The predicted molar refractivity (Wildman–Crippen MR) is 90.6 cm³/mol. The van der Waals surface area contributed by atoms with Crippen LogP contribution in [0.2, 0.25) is 0 Å². The molecule has 1 aromatic carbocycles. The molecule has 1 saturated heterocycles. The van der Waals surface area contributed by atoms with Crippen LogP contribution in [0, 0.1) is 16.7 Å². The fraction of sp³-hybridized carbons (Fsp3) is 0.474. The number of allylic oxidation sites excluding steroid dienone is 1. The van der Waals surface area contributed by atoms with Gasteiger partial charge in [0.2, 0.25) is 0 Å². The number of hydrogen-bond donors (Lipinski definition) is 0. The van der Waals surface area contributed by atoms with Crippen LogP contribution in [0.5, 0.6) is 0 Å². The van der Waals surface area contributed by atoms with Crippen molar-refractivity contribution < 1.29 is 4.79 Å². The summed E-state index contributed by atoms with van der Waals surface area (Å²) >= 11 is 0. The molecule has 22 heavy (non-hydrogen) atoms. The molecule has 1 fully saturated rings.